The molecule has 29 heavy (non-hydrogen) atoms. The maximum absolute atomic E-state index is 12.4. The number of carbonyl (C=O) groups excluding carboxylic acids is 1. The van der Waals surface area contributed by atoms with Crippen molar-refractivity contribution in [3.8, 4) is 11.5 Å². The highest BCUT2D eigenvalue weighted by molar-refractivity contribution is 6.34. The van der Waals surface area contributed by atoms with Crippen LogP contribution in [0.1, 0.15) is 10.4 Å². The van der Waals surface area contributed by atoms with Gasteiger partial charge in [0, 0.05) is 18.3 Å². The van der Waals surface area contributed by atoms with Crippen molar-refractivity contribution in [1.29, 1.82) is 0 Å². The molecule has 0 saturated heterocycles. The lowest BCUT2D eigenvalue weighted by Crippen LogP contribution is -2.33. The summed E-state index contributed by atoms with van der Waals surface area (Å²) in [7, 11) is 0. The maximum Gasteiger partial charge on any atom is 0.270 e. The van der Waals surface area contributed by atoms with Crippen molar-refractivity contribution in [3.63, 3.8) is 0 Å². The molecule has 1 aliphatic rings. The Hall–Kier alpha value is -3.59. The quantitative estimate of drug-likeness (QED) is 0.505. The van der Waals surface area contributed by atoms with Gasteiger partial charge in [-0.05, 0) is 18.2 Å². The monoisotopic (exact) mass is 414 g/mol. The van der Waals surface area contributed by atoms with Gasteiger partial charge in [0.15, 0.2) is 17.6 Å². The fourth-order valence-corrected chi connectivity index (χ4v) is 3.09. The van der Waals surface area contributed by atoms with Gasteiger partial charge in [-0.25, -0.2) is 0 Å². The van der Waals surface area contributed by atoms with Crippen LogP contribution in [0.5, 0.6) is 11.5 Å². The summed E-state index contributed by atoms with van der Waals surface area (Å²) in [5, 5.41) is 17.9. The van der Waals surface area contributed by atoms with Crippen molar-refractivity contribution in [1.82, 2.24) is 9.78 Å². The molecule has 1 unspecified atom stereocenters. The Morgan fingerprint density at radius 2 is 2.10 bits per heavy atom. The van der Waals surface area contributed by atoms with Crippen LogP contribution in [-0.4, -0.2) is 33.3 Å². The number of carbonyl (C=O) groups is 1. The van der Waals surface area contributed by atoms with E-state index in [1.165, 1.54) is 18.3 Å². The molecule has 148 valence electrons. The maximum atomic E-state index is 12.4. The summed E-state index contributed by atoms with van der Waals surface area (Å²) in [4.78, 5) is 22.8. The smallest absolute Gasteiger partial charge is 0.270 e. The molecule has 0 aliphatic carbocycles. The van der Waals surface area contributed by atoms with Gasteiger partial charge >= 0.3 is 0 Å². The average molecular weight is 415 g/mol. The molecule has 0 bridgehead atoms. The molecule has 2 aromatic carbocycles. The molecule has 2 heterocycles. The summed E-state index contributed by atoms with van der Waals surface area (Å²) in [5.74, 6) is 0.806. The minimum absolute atomic E-state index is 0.00855. The number of para-hydroxylation sites is 2. The normalized spacial score (nSPS) is 15.0. The van der Waals surface area contributed by atoms with Gasteiger partial charge in [0.1, 0.15) is 6.61 Å². The Morgan fingerprint density at radius 1 is 1.31 bits per heavy atom. The number of halogens is 1. The summed E-state index contributed by atoms with van der Waals surface area (Å²) >= 11 is 6.00. The number of aromatic nitrogens is 2. The number of ether oxygens (including phenoxy) is 2. The van der Waals surface area contributed by atoms with Gasteiger partial charge in [0.05, 0.1) is 33.9 Å². The van der Waals surface area contributed by atoms with E-state index in [0.717, 1.165) is 6.07 Å². The zero-order valence-corrected chi connectivity index (χ0v) is 15.7. The number of nitrogens with one attached hydrogen (secondary N) is 1. The molecule has 0 saturated carbocycles. The fourth-order valence-electron chi connectivity index (χ4n) is 2.89. The number of nitro groups is 1. The second-order valence-corrected chi connectivity index (χ2v) is 6.73. The van der Waals surface area contributed by atoms with Crippen molar-refractivity contribution in [2.45, 2.75) is 12.6 Å². The summed E-state index contributed by atoms with van der Waals surface area (Å²) in [6.07, 6.45) is 2.87. The van der Waals surface area contributed by atoms with Gasteiger partial charge in [-0.3, -0.25) is 19.6 Å². The SMILES string of the molecule is O=C(Nc1cnn(CC2COc3ccccc3O2)c1)c1cc([N+](=O)[O-])ccc1Cl. The standard InChI is InChI=1S/C19H15ClN4O5/c20-16-6-5-13(24(26)27)7-15(16)19(25)22-12-8-21-23(9-12)10-14-11-28-17-3-1-2-4-18(17)29-14/h1-9,14H,10-11H2,(H,22,25). The Bertz CT molecular complexity index is 1080. The first-order valence-electron chi connectivity index (χ1n) is 8.66. The number of non-ortho nitro benzene ring substituents is 1. The van der Waals surface area contributed by atoms with Crippen LogP contribution in [0.25, 0.3) is 0 Å². The summed E-state index contributed by atoms with van der Waals surface area (Å²) < 4.78 is 13.2. The van der Waals surface area contributed by atoms with Gasteiger partial charge in [-0.2, -0.15) is 5.10 Å². The van der Waals surface area contributed by atoms with Crippen molar-refractivity contribution in [2.75, 3.05) is 11.9 Å². The van der Waals surface area contributed by atoms with Crippen LogP contribution >= 0.6 is 11.6 Å². The molecule has 0 spiro atoms. The van der Waals surface area contributed by atoms with Crippen LogP contribution in [0, 0.1) is 10.1 Å². The minimum atomic E-state index is -0.588. The van der Waals surface area contributed by atoms with Gasteiger partial charge < -0.3 is 14.8 Å². The number of rotatable bonds is 5. The lowest BCUT2D eigenvalue weighted by atomic mass is 10.2. The summed E-state index contributed by atoms with van der Waals surface area (Å²) in [6.45, 7) is 0.795. The van der Waals surface area contributed by atoms with Crippen molar-refractivity contribution < 1.29 is 19.2 Å². The van der Waals surface area contributed by atoms with E-state index >= 15 is 0 Å². The third kappa shape index (κ3) is 4.14. The Balaban J connectivity index is 1.42. The summed E-state index contributed by atoms with van der Waals surface area (Å²) in [5.41, 5.74) is 0.217. The molecule has 9 nitrogen and oxygen atoms in total. The molecule has 1 N–H and O–H groups in total. The second-order valence-electron chi connectivity index (χ2n) is 6.32. The van der Waals surface area contributed by atoms with Crippen molar-refractivity contribution in [3.05, 3.63) is 75.6 Å². The predicted molar refractivity (Wildman–Crippen MR) is 105 cm³/mol. The number of benzene rings is 2. The molecular formula is C19H15ClN4O5. The lowest BCUT2D eigenvalue weighted by Gasteiger charge is -2.26. The lowest BCUT2D eigenvalue weighted by molar-refractivity contribution is -0.384. The van der Waals surface area contributed by atoms with E-state index < -0.39 is 10.8 Å². The number of hydrogen-bond donors (Lipinski definition) is 1. The molecule has 1 aromatic heterocycles. The van der Waals surface area contributed by atoms with E-state index in [1.807, 2.05) is 24.3 Å². The highest BCUT2D eigenvalue weighted by Crippen LogP contribution is 2.31. The molecule has 0 fully saturated rings. The van der Waals surface area contributed by atoms with E-state index in [4.69, 9.17) is 21.1 Å². The van der Waals surface area contributed by atoms with Crippen LogP contribution in [0.3, 0.4) is 0 Å². The first-order valence-corrected chi connectivity index (χ1v) is 9.03. The fraction of sp³-hybridized carbons (Fsp3) is 0.158. The number of anilines is 1. The number of nitrogens with zero attached hydrogens (tertiary/aromatic N) is 3. The van der Waals surface area contributed by atoms with E-state index in [0.29, 0.717) is 30.3 Å². The van der Waals surface area contributed by atoms with Gasteiger partial charge in [0.2, 0.25) is 0 Å². The largest absolute Gasteiger partial charge is 0.486 e. The van der Waals surface area contributed by atoms with E-state index in [9.17, 15) is 14.9 Å². The number of amides is 1. The minimum Gasteiger partial charge on any atom is -0.486 e. The molecule has 1 amide bonds. The third-order valence-electron chi connectivity index (χ3n) is 4.25. The van der Waals surface area contributed by atoms with Crippen LogP contribution in [0.4, 0.5) is 11.4 Å². The second kappa shape index (κ2) is 7.80. The predicted octanol–water partition coefficient (Wildman–Crippen LogP) is 3.54. The van der Waals surface area contributed by atoms with Gasteiger partial charge in [-0.1, -0.05) is 23.7 Å². The highest BCUT2D eigenvalue weighted by Gasteiger charge is 2.22. The molecule has 4 rings (SSSR count). The van der Waals surface area contributed by atoms with Crippen LogP contribution in [0.15, 0.2) is 54.9 Å². The number of nitro benzene ring substituents is 1. The van der Waals surface area contributed by atoms with Crippen molar-refractivity contribution in [2.24, 2.45) is 0 Å². The number of fused-ring (bicyclic) bond motifs is 1. The highest BCUT2D eigenvalue weighted by atomic mass is 35.5. The van der Waals surface area contributed by atoms with Crippen molar-refractivity contribution >= 4 is 28.9 Å². The van der Waals surface area contributed by atoms with Crippen LogP contribution < -0.4 is 14.8 Å². The topological polar surface area (TPSA) is 109 Å². The first kappa shape index (κ1) is 18.8. The van der Waals surface area contributed by atoms with E-state index in [-0.39, 0.29) is 22.4 Å². The molecule has 1 aliphatic heterocycles. The van der Waals surface area contributed by atoms with Gasteiger partial charge in [-0.15, -0.1) is 0 Å². The third-order valence-corrected chi connectivity index (χ3v) is 4.58. The molecular weight excluding hydrogens is 400 g/mol. The molecule has 1 atom stereocenters. The van der Waals surface area contributed by atoms with E-state index in [1.54, 1.807) is 10.9 Å². The molecule has 10 heteroatoms. The van der Waals surface area contributed by atoms with E-state index in [2.05, 4.69) is 10.4 Å². The van der Waals surface area contributed by atoms with Crippen LogP contribution in [-0.2, 0) is 6.54 Å². The number of hydrogen-bond acceptors (Lipinski definition) is 6. The summed E-state index contributed by atoms with van der Waals surface area (Å²) in [6, 6.07) is 11.1. The molecule has 3 aromatic rings. The zero-order valence-electron chi connectivity index (χ0n) is 14.9. The van der Waals surface area contributed by atoms with Gasteiger partial charge in [0.25, 0.3) is 11.6 Å². The first-order chi connectivity index (χ1) is 14.0. The Kier molecular flexibility index (Phi) is 5.05. The zero-order chi connectivity index (χ0) is 20.4. The average Bonchev–Trinajstić information content (AvgIpc) is 3.14. The van der Waals surface area contributed by atoms with Crippen LogP contribution in [0.2, 0.25) is 5.02 Å². The Morgan fingerprint density at radius 3 is 2.90 bits per heavy atom. The Labute approximate surface area is 170 Å². The molecule has 0 radical (unpaired) electrons.